The summed E-state index contributed by atoms with van der Waals surface area (Å²) in [7, 11) is 1.00. The van der Waals surface area contributed by atoms with E-state index in [4.69, 9.17) is 10.8 Å². The normalized spacial score (nSPS) is 9.50. The molecule has 0 aliphatic carbocycles. The van der Waals surface area contributed by atoms with Crippen LogP contribution in [0.1, 0.15) is 32.3 Å². The first kappa shape index (κ1) is 20.5. The number of nitrogens with two attached hydrogens (primary N) is 1. The number of hydrogen-bond donors (Lipinski definition) is 3. The van der Waals surface area contributed by atoms with Crippen molar-refractivity contribution in [2.45, 2.75) is 33.1 Å². The molecule has 4 heteroatoms. The molecular weight excluding hydrogens is 252 g/mol. The Morgan fingerprint density at radius 2 is 1.85 bits per heavy atom. The van der Waals surface area contributed by atoms with Crippen LogP contribution >= 0.6 is 0 Å². The summed E-state index contributed by atoms with van der Waals surface area (Å²) in [5, 5.41) is 10.1. The van der Waals surface area contributed by atoms with Gasteiger partial charge in [0, 0.05) is 32.0 Å². The zero-order valence-corrected chi connectivity index (χ0v) is 12.8. The predicted molar refractivity (Wildman–Crippen MR) is 85.2 cm³/mol. The number of rotatable bonds is 7. The van der Waals surface area contributed by atoms with E-state index in [1.807, 2.05) is 32.0 Å². The van der Waals surface area contributed by atoms with Gasteiger partial charge in [-0.1, -0.05) is 44.2 Å². The molecule has 0 atom stereocenters. The molecule has 0 aromatic heterocycles. The Kier molecular flexibility index (Phi) is 17.6. The van der Waals surface area contributed by atoms with Gasteiger partial charge >= 0.3 is 0 Å². The number of nitrogens with one attached hydrogen (secondary N) is 1. The molecule has 1 aromatic carbocycles. The fraction of sp³-hybridized carbons (Fsp3) is 0.438. The van der Waals surface area contributed by atoms with Crippen molar-refractivity contribution in [1.29, 1.82) is 0 Å². The second-order valence-corrected chi connectivity index (χ2v) is 3.61. The van der Waals surface area contributed by atoms with E-state index in [1.54, 1.807) is 6.20 Å². The van der Waals surface area contributed by atoms with E-state index in [1.165, 1.54) is 5.56 Å². The largest absolute Gasteiger partial charge is 0.401 e. The lowest BCUT2D eigenvalue weighted by Gasteiger charge is -2.03. The van der Waals surface area contributed by atoms with Crippen LogP contribution in [-0.2, 0) is 11.2 Å². The van der Waals surface area contributed by atoms with Gasteiger partial charge in [0.1, 0.15) is 6.29 Å². The Bertz CT molecular complexity index is 338. The molecule has 0 bridgehead atoms. The average molecular weight is 280 g/mol. The molecule has 20 heavy (non-hydrogen) atoms. The zero-order chi connectivity index (χ0) is 15.6. The molecule has 4 N–H and O–H groups in total. The maximum absolute atomic E-state index is 10.1. The highest BCUT2D eigenvalue weighted by molar-refractivity contribution is 5.49. The van der Waals surface area contributed by atoms with Gasteiger partial charge in [0.05, 0.1) is 0 Å². The summed E-state index contributed by atoms with van der Waals surface area (Å²) in [5.41, 5.74) is 7.70. The van der Waals surface area contributed by atoms with Gasteiger partial charge in [-0.25, -0.2) is 0 Å². The highest BCUT2D eigenvalue weighted by Crippen LogP contribution is 1.98. The van der Waals surface area contributed by atoms with E-state index in [9.17, 15) is 4.79 Å². The molecule has 0 amide bonds. The van der Waals surface area contributed by atoms with Crippen molar-refractivity contribution in [2.75, 3.05) is 13.7 Å². The average Bonchev–Trinajstić information content (AvgIpc) is 2.54. The minimum atomic E-state index is 0.489. The Labute approximate surface area is 122 Å². The van der Waals surface area contributed by atoms with Gasteiger partial charge < -0.3 is 21.0 Å². The molecule has 0 saturated carbocycles. The van der Waals surface area contributed by atoms with Crippen LogP contribution in [-0.4, -0.2) is 25.0 Å². The number of aldehydes is 1. The standard InChI is InChI=1S/C13H18N2O.C2H6.CH4O/c14-13(7-4-10-16)11-15-9-8-12-5-2-1-3-6-12;2*1-2/h1-3,5-6,10-11,15H,4,7-9,14H2;1-2H3;2H,1H3/b13-11-;;. The van der Waals surface area contributed by atoms with Gasteiger partial charge in [0.2, 0.25) is 0 Å². The second kappa shape index (κ2) is 17.2. The molecule has 1 aromatic rings. The summed E-state index contributed by atoms with van der Waals surface area (Å²) in [4.78, 5) is 10.1. The molecule has 0 aliphatic heterocycles. The molecule has 4 nitrogen and oxygen atoms in total. The van der Waals surface area contributed by atoms with Crippen LogP contribution in [0.15, 0.2) is 42.2 Å². The second-order valence-electron chi connectivity index (χ2n) is 3.61. The fourth-order valence-electron chi connectivity index (χ4n) is 1.36. The van der Waals surface area contributed by atoms with Gasteiger partial charge in [-0.15, -0.1) is 0 Å². The molecule has 0 saturated heterocycles. The molecule has 0 fully saturated rings. The number of aliphatic hydroxyl groups excluding tert-OH is 1. The van der Waals surface area contributed by atoms with Gasteiger partial charge in [-0.05, 0) is 18.4 Å². The summed E-state index contributed by atoms with van der Waals surface area (Å²) in [6.07, 6.45) is 4.75. The smallest absolute Gasteiger partial charge is 0.120 e. The monoisotopic (exact) mass is 280 g/mol. The molecule has 0 radical (unpaired) electrons. The highest BCUT2D eigenvalue weighted by atomic mass is 16.2. The van der Waals surface area contributed by atoms with Crippen LogP contribution in [0.5, 0.6) is 0 Å². The zero-order valence-electron chi connectivity index (χ0n) is 12.8. The SMILES string of the molecule is CC.CO.N/C(=C\NCCc1ccccc1)CCC=O. The quantitative estimate of drug-likeness (QED) is 0.529. The summed E-state index contributed by atoms with van der Waals surface area (Å²) >= 11 is 0. The van der Waals surface area contributed by atoms with E-state index in [-0.39, 0.29) is 0 Å². The van der Waals surface area contributed by atoms with Crippen molar-refractivity contribution in [1.82, 2.24) is 5.32 Å². The number of aliphatic hydroxyl groups is 1. The van der Waals surface area contributed by atoms with Crippen LogP contribution in [0.2, 0.25) is 0 Å². The maximum Gasteiger partial charge on any atom is 0.120 e. The first-order chi connectivity index (χ1) is 9.83. The number of carbonyl (C=O) groups excluding carboxylic acids is 1. The van der Waals surface area contributed by atoms with Crippen molar-refractivity contribution in [2.24, 2.45) is 5.73 Å². The van der Waals surface area contributed by atoms with Crippen LogP contribution in [0.4, 0.5) is 0 Å². The summed E-state index contributed by atoms with van der Waals surface area (Å²) in [6, 6.07) is 10.3. The van der Waals surface area contributed by atoms with Crippen LogP contribution < -0.4 is 11.1 Å². The first-order valence-corrected chi connectivity index (χ1v) is 6.93. The third-order valence-corrected chi connectivity index (χ3v) is 2.24. The van der Waals surface area contributed by atoms with Crippen molar-refractivity contribution in [3.63, 3.8) is 0 Å². The number of hydrogen-bond acceptors (Lipinski definition) is 4. The summed E-state index contributed by atoms with van der Waals surface area (Å²) in [6.45, 7) is 4.85. The molecular formula is C16H28N2O2. The van der Waals surface area contributed by atoms with Crippen molar-refractivity contribution >= 4 is 6.29 Å². The van der Waals surface area contributed by atoms with Crippen molar-refractivity contribution in [3.8, 4) is 0 Å². The Hall–Kier alpha value is -1.81. The topological polar surface area (TPSA) is 75.3 Å². The fourth-order valence-corrected chi connectivity index (χ4v) is 1.36. The Morgan fingerprint density at radius 1 is 1.25 bits per heavy atom. The summed E-state index contributed by atoms with van der Waals surface area (Å²) in [5.74, 6) is 0. The minimum Gasteiger partial charge on any atom is -0.401 e. The first-order valence-electron chi connectivity index (χ1n) is 6.93. The van der Waals surface area contributed by atoms with Crippen LogP contribution in [0.3, 0.4) is 0 Å². The third kappa shape index (κ3) is 12.6. The molecule has 0 heterocycles. The molecule has 114 valence electrons. The van der Waals surface area contributed by atoms with E-state index in [0.717, 1.165) is 32.1 Å². The Morgan fingerprint density at radius 3 is 2.40 bits per heavy atom. The molecule has 0 aliphatic rings. The van der Waals surface area contributed by atoms with Crippen LogP contribution in [0, 0.1) is 0 Å². The molecule has 0 unspecified atom stereocenters. The van der Waals surface area contributed by atoms with Crippen LogP contribution in [0.25, 0.3) is 0 Å². The van der Waals surface area contributed by atoms with E-state index in [0.29, 0.717) is 12.8 Å². The van der Waals surface area contributed by atoms with Gasteiger partial charge in [0.15, 0.2) is 0 Å². The lowest BCUT2D eigenvalue weighted by molar-refractivity contribution is -0.107. The predicted octanol–water partition coefficient (Wildman–Crippen LogP) is 2.23. The van der Waals surface area contributed by atoms with Gasteiger partial charge in [-0.2, -0.15) is 0 Å². The summed E-state index contributed by atoms with van der Waals surface area (Å²) < 4.78 is 0. The van der Waals surface area contributed by atoms with Gasteiger partial charge in [-0.3, -0.25) is 0 Å². The van der Waals surface area contributed by atoms with E-state index >= 15 is 0 Å². The molecule has 0 spiro atoms. The highest BCUT2D eigenvalue weighted by Gasteiger charge is 1.91. The van der Waals surface area contributed by atoms with Crippen molar-refractivity contribution < 1.29 is 9.90 Å². The Balaban J connectivity index is 0. The van der Waals surface area contributed by atoms with Crippen molar-refractivity contribution in [3.05, 3.63) is 47.8 Å². The van der Waals surface area contributed by atoms with E-state index < -0.39 is 0 Å². The minimum absolute atomic E-state index is 0.489. The molecule has 1 rings (SSSR count). The lowest BCUT2D eigenvalue weighted by Crippen LogP contribution is -2.13. The lowest BCUT2D eigenvalue weighted by atomic mass is 10.1. The number of allylic oxidation sites excluding steroid dienone is 1. The third-order valence-electron chi connectivity index (χ3n) is 2.24. The van der Waals surface area contributed by atoms with E-state index in [2.05, 4.69) is 17.4 Å². The number of carbonyl (C=O) groups is 1. The maximum atomic E-state index is 10.1. The van der Waals surface area contributed by atoms with Gasteiger partial charge in [0.25, 0.3) is 0 Å². The number of benzene rings is 1.